The van der Waals surface area contributed by atoms with Gasteiger partial charge in [-0.15, -0.1) is 12.4 Å². The number of hydrogen-bond acceptors (Lipinski definition) is 4. The van der Waals surface area contributed by atoms with Crippen LogP contribution >= 0.6 is 24.0 Å². The lowest BCUT2D eigenvalue weighted by atomic mass is 9.95. The van der Waals surface area contributed by atoms with Gasteiger partial charge in [0.2, 0.25) is 0 Å². The summed E-state index contributed by atoms with van der Waals surface area (Å²) >= 11 is 5.97. The molecule has 4 N–H and O–H groups in total. The lowest BCUT2D eigenvalue weighted by molar-refractivity contribution is 0.0698. The van der Waals surface area contributed by atoms with Crippen molar-refractivity contribution in [1.82, 2.24) is 9.55 Å². The summed E-state index contributed by atoms with van der Waals surface area (Å²) in [5.41, 5.74) is 7.25. The van der Waals surface area contributed by atoms with Crippen LogP contribution in [0.5, 0.6) is 0 Å². The van der Waals surface area contributed by atoms with Crippen molar-refractivity contribution in [3.05, 3.63) is 58.9 Å². The van der Waals surface area contributed by atoms with Gasteiger partial charge in [-0.2, -0.15) is 0 Å². The number of rotatable bonds is 4. The van der Waals surface area contributed by atoms with Crippen LogP contribution in [0.15, 0.2) is 42.7 Å². The molecule has 28 heavy (non-hydrogen) atoms. The van der Waals surface area contributed by atoms with E-state index < -0.39 is 5.97 Å². The number of fused-ring (bicyclic) bond motifs is 1. The molecule has 0 bridgehead atoms. The minimum atomic E-state index is -0.985. The number of halogens is 2. The molecule has 4 rings (SSSR count). The predicted octanol–water partition coefficient (Wildman–Crippen LogP) is 4.46. The van der Waals surface area contributed by atoms with Crippen molar-refractivity contribution in [3.8, 4) is 0 Å². The first-order valence-corrected chi connectivity index (χ1v) is 9.24. The number of anilines is 1. The molecular weight excluding hydrogens is 399 g/mol. The van der Waals surface area contributed by atoms with E-state index in [1.165, 1.54) is 25.5 Å². The van der Waals surface area contributed by atoms with Crippen molar-refractivity contribution in [2.24, 2.45) is 12.8 Å². The molecule has 0 aliphatic heterocycles. The van der Waals surface area contributed by atoms with Gasteiger partial charge in [0, 0.05) is 42.4 Å². The second kappa shape index (κ2) is 9.78. The van der Waals surface area contributed by atoms with Crippen molar-refractivity contribution in [2.75, 3.05) is 5.32 Å². The average Bonchev–Trinajstić information content (AvgIpc) is 3.01. The van der Waals surface area contributed by atoms with E-state index in [1.807, 2.05) is 43.6 Å². The van der Waals surface area contributed by atoms with Crippen LogP contribution < -0.4 is 11.1 Å². The number of hydrogen-bond donors (Lipinski definition) is 3. The van der Waals surface area contributed by atoms with E-state index in [0.29, 0.717) is 28.9 Å². The highest BCUT2D eigenvalue weighted by Crippen LogP contribution is 2.26. The largest absolute Gasteiger partial charge is 0.478 e. The van der Waals surface area contributed by atoms with Crippen LogP contribution in [0.3, 0.4) is 0 Å². The Morgan fingerprint density at radius 1 is 1.39 bits per heavy atom. The summed E-state index contributed by atoms with van der Waals surface area (Å²) in [5.74, 6) is -0.332. The maximum absolute atomic E-state index is 11.3. The third-order valence-corrected chi connectivity index (χ3v) is 4.87. The summed E-state index contributed by atoms with van der Waals surface area (Å²) in [5, 5.41) is 14.0. The summed E-state index contributed by atoms with van der Waals surface area (Å²) in [7, 11) is 1.82. The molecular formula is C20H24Cl2N4O2. The van der Waals surface area contributed by atoms with Crippen LogP contribution in [0.1, 0.15) is 35.2 Å². The maximum Gasteiger partial charge on any atom is 0.339 e. The smallest absolute Gasteiger partial charge is 0.339 e. The zero-order valence-electron chi connectivity index (χ0n) is 15.6. The topological polar surface area (TPSA) is 93.2 Å². The third kappa shape index (κ3) is 5.16. The fourth-order valence-electron chi connectivity index (χ4n) is 2.89. The molecule has 0 saturated heterocycles. The lowest BCUT2D eigenvalue weighted by Gasteiger charge is -2.18. The van der Waals surface area contributed by atoms with E-state index in [4.69, 9.17) is 17.3 Å². The quantitative estimate of drug-likeness (QED) is 0.576. The van der Waals surface area contributed by atoms with E-state index in [1.54, 1.807) is 4.57 Å². The molecule has 150 valence electrons. The molecule has 0 amide bonds. The molecule has 6 nitrogen and oxygen atoms in total. The summed E-state index contributed by atoms with van der Waals surface area (Å²) in [6.07, 6.45) is 7.09. The van der Waals surface area contributed by atoms with Crippen LogP contribution in [-0.4, -0.2) is 26.7 Å². The summed E-state index contributed by atoms with van der Waals surface area (Å²) in [6.45, 7) is 0.559. The van der Waals surface area contributed by atoms with Crippen LogP contribution in [-0.2, 0) is 13.6 Å². The number of aromatic nitrogens is 2. The monoisotopic (exact) mass is 422 g/mol. The van der Waals surface area contributed by atoms with E-state index in [9.17, 15) is 9.90 Å². The molecule has 1 aromatic carbocycles. The van der Waals surface area contributed by atoms with Crippen molar-refractivity contribution >= 4 is 46.7 Å². The number of aryl methyl sites for hydroxylation is 1. The molecule has 2 heterocycles. The van der Waals surface area contributed by atoms with Gasteiger partial charge in [-0.3, -0.25) is 0 Å². The number of aromatic carboxylic acids is 1. The van der Waals surface area contributed by atoms with E-state index in [2.05, 4.69) is 10.3 Å². The molecule has 3 aromatic rings. The van der Waals surface area contributed by atoms with Gasteiger partial charge in [0.25, 0.3) is 0 Å². The number of benzene rings is 1. The Labute approximate surface area is 175 Å². The van der Waals surface area contributed by atoms with Crippen LogP contribution in [0.2, 0.25) is 5.02 Å². The Hall–Kier alpha value is -2.28. The lowest BCUT2D eigenvalue weighted by Crippen LogP contribution is -2.27. The van der Waals surface area contributed by atoms with Crippen molar-refractivity contribution in [3.63, 3.8) is 0 Å². The highest BCUT2D eigenvalue weighted by Gasteiger charge is 2.15. The van der Waals surface area contributed by atoms with E-state index in [0.717, 1.165) is 10.9 Å². The minimum Gasteiger partial charge on any atom is -0.478 e. The molecule has 1 aliphatic carbocycles. The number of carbonyl (C=O) groups is 1. The minimum absolute atomic E-state index is 0. The fraction of sp³-hybridized carbons (Fsp3) is 0.300. The van der Waals surface area contributed by atoms with Gasteiger partial charge in [-0.25, -0.2) is 9.78 Å². The molecule has 0 atom stereocenters. The molecule has 8 heteroatoms. The number of carboxylic acid groups (broad SMARTS) is 1. The summed E-state index contributed by atoms with van der Waals surface area (Å²) in [4.78, 5) is 15.5. The number of nitrogens with one attached hydrogen (secondary N) is 1. The molecule has 0 radical (unpaired) electrons. The fourth-order valence-corrected chi connectivity index (χ4v) is 3.10. The Morgan fingerprint density at radius 3 is 2.68 bits per heavy atom. The molecule has 1 fully saturated rings. The molecule has 0 unspecified atom stereocenters. The van der Waals surface area contributed by atoms with E-state index >= 15 is 0 Å². The Morgan fingerprint density at radius 2 is 2.11 bits per heavy atom. The molecule has 2 aromatic heterocycles. The van der Waals surface area contributed by atoms with Gasteiger partial charge in [0.05, 0.1) is 5.52 Å². The van der Waals surface area contributed by atoms with Gasteiger partial charge in [0.1, 0.15) is 11.4 Å². The van der Waals surface area contributed by atoms with Crippen molar-refractivity contribution in [2.45, 2.75) is 31.8 Å². The normalized spacial score (nSPS) is 13.1. The van der Waals surface area contributed by atoms with Gasteiger partial charge in [-0.05, 0) is 36.6 Å². The average molecular weight is 423 g/mol. The first-order valence-electron chi connectivity index (χ1n) is 8.87. The summed E-state index contributed by atoms with van der Waals surface area (Å²) in [6, 6.07) is 9.97. The Kier molecular flexibility index (Phi) is 7.69. The number of nitrogens with two attached hydrogens (primary N) is 1. The number of carboxylic acids is 1. The van der Waals surface area contributed by atoms with Gasteiger partial charge >= 0.3 is 5.97 Å². The van der Waals surface area contributed by atoms with Gasteiger partial charge in [0.15, 0.2) is 0 Å². The Bertz CT molecular complexity index is 955. The zero-order chi connectivity index (χ0) is 19.4. The van der Waals surface area contributed by atoms with Crippen LogP contribution in [0, 0.1) is 0 Å². The second-order valence-corrected chi connectivity index (χ2v) is 7.13. The molecule has 0 spiro atoms. The highest BCUT2D eigenvalue weighted by molar-refractivity contribution is 6.30. The first-order chi connectivity index (χ1) is 13.0. The van der Waals surface area contributed by atoms with Crippen LogP contribution in [0.4, 0.5) is 5.82 Å². The van der Waals surface area contributed by atoms with Crippen LogP contribution in [0.25, 0.3) is 10.9 Å². The standard InChI is InChI=1S/C16H14ClN3O2.C4H9N.ClH/c1-20-6-5-12-14(20)13(16(21)22)9-19-15(12)18-8-10-3-2-4-11(17)7-10;5-4-2-1-3-4;/h2-7,9H,8H2,1H3,(H,18,19)(H,21,22);4H,1-3,5H2;1H. The van der Waals surface area contributed by atoms with E-state index in [-0.39, 0.29) is 18.0 Å². The highest BCUT2D eigenvalue weighted by atomic mass is 35.5. The zero-order valence-corrected chi connectivity index (χ0v) is 17.1. The third-order valence-electron chi connectivity index (χ3n) is 4.63. The SMILES string of the molecule is Cl.Cn1ccc2c(NCc3cccc(Cl)c3)ncc(C(=O)O)c21.NC1CCC1. The van der Waals surface area contributed by atoms with Crippen molar-refractivity contribution in [1.29, 1.82) is 0 Å². The van der Waals surface area contributed by atoms with Crippen molar-refractivity contribution < 1.29 is 9.90 Å². The first kappa shape index (κ1) is 22.0. The van der Waals surface area contributed by atoms with Gasteiger partial charge < -0.3 is 20.7 Å². The number of pyridine rings is 1. The van der Waals surface area contributed by atoms with Gasteiger partial charge in [-0.1, -0.05) is 30.2 Å². The predicted molar refractivity (Wildman–Crippen MR) is 116 cm³/mol. The maximum atomic E-state index is 11.3. The summed E-state index contributed by atoms with van der Waals surface area (Å²) < 4.78 is 1.78. The number of nitrogens with zero attached hydrogens (tertiary/aromatic N) is 2. The second-order valence-electron chi connectivity index (χ2n) is 6.69. The molecule has 1 aliphatic rings. The molecule has 1 saturated carbocycles. The Balaban J connectivity index is 0.000000408.